The van der Waals surface area contributed by atoms with Gasteiger partial charge in [0.05, 0.1) is 11.3 Å². The summed E-state index contributed by atoms with van der Waals surface area (Å²) in [6.45, 7) is 3.84. The fourth-order valence-corrected chi connectivity index (χ4v) is 2.99. The zero-order valence-corrected chi connectivity index (χ0v) is 17.6. The molecule has 0 aliphatic carbocycles. The smallest absolute Gasteiger partial charge is 0.416 e. The molecule has 1 N–H and O–H groups in total. The minimum Gasteiger partial charge on any atom is -0.438 e. The summed E-state index contributed by atoms with van der Waals surface area (Å²) in [6.07, 6.45) is -2.85. The number of carbonyl (C=O) groups excluding carboxylic acids is 1. The van der Waals surface area contributed by atoms with Crippen molar-refractivity contribution in [2.45, 2.75) is 20.0 Å². The molecular formula is C23H18F3N5O2. The zero-order valence-electron chi connectivity index (χ0n) is 17.6. The SMILES string of the molecule is Cc1ncn(-c2ccc(Oc3ccc(NC(=O)c4cccc(C(F)(F)F)c4)cc3)nn2)c1C. The first-order valence-corrected chi connectivity index (χ1v) is 9.82. The highest BCUT2D eigenvalue weighted by molar-refractivity contribution is 6.04. The molecule has 0 unspecified atom stereocenters. The van der Waals surface area contributed by atoms with Crippen LogP contribution >= 0.6 is 0 Å². The number of nitrogens with zero attached hydrogens (tertiary/aromatic N) is 4. The van der Waals surface area contributed by atoms with Gasteiger partial charge in [0.15, 0.2) is 5.82 Å². The molecular weight excluding hydrogens is 435 g/mol. The molecule has 0 aliphatic rings. The number of imidazole rings is 1. The molecule has 4 rings (SSSR count). The van der Waals surface area contributed by atoms with E-state index < -0.39 is 17.6 Å². The molecule has 168 valence electrons. The molecule has 1 amide bonds. The van der Waals surface area contributed by atoms with Gasteiger partial charge in [-0.2, -0.15) is 13.2 Å². The van der Waals surface area contributed by atoms with E-state index in [0.29, 0.717) is 17.3 Å². The molecule has 0 saturated heterocycles. The Hall–Kier alpha value is -4.21. The second-order valence-corrected chi connectivity index (χ2v) is 7.17. The highest BCUT2D eigenvalue weighted by Gasteiger charge is 2.30. The average molecular weight is 453 g/mol. The third-order valence-corrected chi connectivity index (χ3v) is 4.91. The van der Waals surface area contributed by atoms with E-state index in [1.807, 2.05) is 18.4 Å². The van der Waals surface area contributed by atoms with Crippen LogP contribution in [-0.4, -0.2) is 25.7 Å². The number of benzene rings is 2. The largest absolute Gasteiger partial charge is 0.438 e. The minimum absolute atomic E-state index is 0.0937. The number of nitrogens with one attached hydrogen (secondary N) is 1. The molecule has 7 nitrogen and oxygen atoms in total. The Morgan fingerprint density at radius 1 is 1.00 bits per heavy atom. The molecule has 0 bridgehead atoms. The summed E-state index contributed by atoms with van der Waals surface area (Å²) in [5.41, 5.74) is 1.28. The first kappa shape index (κ1) is 22.0. The van der Waals surface area contributed by atoms with Crippen molar-refractivity contribution in [3.8, 4) is 17.4 Å². The summed E-state index contributed by atoms with van der Waals surface area (Å²) < 4.78 is 46.0. The van der Waals surface area contributed by atoms with Crippen LogP contribution in [0, 0.1) is 13.8 Å². The van der Waals surface area contributed by atoms with Crippen LogP contribution in [-0.2, 0) is 6.18 Å². The fourth-order valence-electron chi connectivity index (χ4n) is 2.99. The number of ether oxygens (including phenoxy) is 1. The summed E-state index contributed by atoms with van der Waals surface area (Å²) in [7, 11) is 0. The van der Waals surface area contributed by atoms with Gasteiger partial charge in [-0.05, 0) is 62.4 Å². The van der Waals surface area contributed by atoms with Crippen molar-refractivity contribution in [3.63, 3.8) is 0 Å². The number of anilines is 1. The molecule has 0 radical (unpaired) electrons. The molecule has 0 saturated carbocycles. The lowest BCUT2D eigenvalue weighted by atomic mass is 10.1. The summed E-state index contributed by atoms with van der Waals surface area (Å²) in [5, 5.41) is 10.8. The third kappa shape index (κ3) is 5.00. The summed E-state index contributed by atoms with van der Waals surface area (Å²) in [5.74, 6) is 0.673. The molecule has 4 aromatic rings. The second kappa shape index (κ2) is 8.73. The van der Waals surface area contributed by atoms with Crippen molar-refractivity contribution in [2.24, 2.45) is 0 Å². The maximum absolute atomic E-state index is 12.8. The maximum Gasteiger partial charge on any atom is 0.416 e. The molecule has 2 heterocycles. The molecule has 0 aliphatic heterocycles. The number of aromatic nitrogens is 4. The van der Waals surface area contributed by atoms with E-state index in [1.54, 1.807) is 42.7 Å². The maximum atomic E-state index is 12.8. The standard InChI is InChI=1S/C23H18F3N5O2/c1-14-15(2)31(13-27-14)20-10-11-21(30-29-20)33-19-8-6-18(7-9-19)28-22(32)16-4-3-5-17(12-16)23(24,25)26/h3-13H,1-2H3,(H,28,32). The van der Waals surface area contributed by atoms with Crippen LogP contribution in [0.5, 0.6) is 11.6 Å². The van der Waals surface area contributed by atoms with Gasteiger partial charge >= 0.3 is 6.18 Å². The van der Waals surface area contributed by atoms with E-state index in [9.17, 15) is 18.0 Å². The van der Waals surface area contributed by atoms with Gasteiger partial charge in [-0.15, -0.1) is 10.2 Å². The van der Waals surface area contributed by atoms with Crippen LogP contribution in [0.15, 0.2) is 67.0 Å². The Labute approximate surface area is 186 Å². The molecule has 0 fully saturated rings. The molecule has 2 aromatic carbocycles. The predicted molar refractivity (Wildman–Crippen MR) is 115 cm³/mol. The molecule has 0 atom stereocenters. The monoisotopic (exact) mass is 453 g/mol. The van der Waals surface area contributed by atoms with Crippen molar-refractivity contribution in [1.82, 2.24) is 19.7 Å². The fraction of sp³-hybridized carbons (Fsp3) is 0.130. The van der Waals surface area contributed by atoms with Crippen LogP contribution < -0.4 is 10.1 Å². The molecule has 33 heavy (non-hydrogen) atoms. The number of aryl methyl sites for hydroxylation is 1. The van der Waals surface area contributed by atoms with Crippen molar-refractivity contribution < 1.29 is 22.7 Å². The van der Waals surface area contributed by atoms with Crippen molar-refractivity contribution >= 4 is 11.6 Å². The van der Waals surface area contributed by atoms with E-state index in [2.05, 4.69) is 20.5 Å². The number of alkyl halides is 3. The molecule has 2 aromatic heterocycles. The third-order valence-electron chi connectivity index (χ3n) is 4.91. The predicted octanol–water partition coefficient (Wildman–Crippen LogP) is 5.34. The van der Waals surface area contributed by atoms with Crippen LogP contribution in [0.4, 0.5) is 18.9 Å². The zero-order chi connectivity index (χ0) is 23.6. The number of rotatable bonds is 5. The topological polar surface area (TPSA) is 81.9 Å². The van der Waals surface area contributed by atoms with Crippen molar-refractivity contribution in [2.75, 3.05) is 5.32 Å². The molecule has 10 heteroatoms. The average Bonchev–Trinajstić information content (AvgIpc) is 3.13. The number of carbonyl (C=O) groups is 1. The lowest BCUT2D eigenvalue weighted by molar-refractivity contribution is -0.137. The second-order valence-electron chi connectivity index (χ2n) is 7.17. The van der Waals surface area contributed by atoms with Gasteiger partial charge in [-0.1, -0.05) is 6.07 Å². The van der Waals surface area contributed by atoms with Crippen LogP contribution in [0.1, 0.15) is 27.3 Å². The minimum atomic E-state index is -4.52. The highest BCUT2D eigenvalue weighted by atomic mass is 19.4. The van der Waals surface area contributed by atoms with Gasteiger partial charge in [-0.3, -0.25) is 9.36 Å². The summed E-state index contributed by atoms with van der Waals surface area (Å²) in [6, 6.07) is 14.0. The van der Waals surface area contributed by atoms with E-state index in [0.717, 1.165) is 23.5 Å². The van der Waals surface area contributed by atoms with Crippen molar-refractivity contribution in [3.05, 3.63) is 89.5 Å². The lowest BCUT2D eigenvalue weighted by Gasteiger charge is -2.10. The van der Waals surface area contributed by atoms with Gasteiger partial charge in [0, 0.05) is 23.0 Å². The Morgan fingerprint density at radius 2 is 1.76 bits per heavy atom. The number of hydrogen-bond donors (Lipinski definition) is 1. The van der Waals surface area contributed by atoms with Gasteiger partial charge in [0.25, 0.3) is 5.91 Å². The first-order valence-electron chi connectivity index (χ1n) is 9.82. The summed E-state index contributed by atoms with van der Waals surface area (Å²) in [4.78, 5) is 16.5. The van der Waals surface area contributed by atoms with Gasteiger partial charge in [-0.25, -0.2) is 4.98 Å². The number of amides is 1. The van der Waals surface area contributed by atoms with Crippen molar-refractivity contribution in [1.29, 1.82) is 0 Å². The van der Waals surface area contributed by atoms with E-state index in [4.69, 9.17) is 4.74 Å². The quantitative estimate of drug-likeness (QED) is 0.441. The van der Waals surface area contributed by atoms with Crippen LogP contribution in [0.25, 0.3) is 5.82 Å². The van der Waals surface area contributed by atoms with Gasteiger partial charge < -0.3 is 10.1 Å². The normalized spacial score (nSPS) is 11.3. The van der Waals surface area contributed by atoms with Gasteiger partial charge in [0.1, 0.15) is 12.1 Å². The van der Waals surface area contributed by atoms with E-state index >= 15 is 0 Å². The van der Waals surface area contributed by atoms with Crippen LogP contribution in [0.3, 0.4) is 0 Å². The molecule has 0 spiro atoms. The Kier molecular flexibility index (Phi) is 5.82. The number of hydrogen-bond acceptors (Lipinski definition) is 5. The first-order chi connectivity index (χ1) is 15.7. The lowest BCUT2D eigenvalue weighted by Crippen LogP contribution is -2.13. The van der Waals surface area contributed by atoms with E-state index in [-0.39, 0.29) is 11.4 Å². The summed E-state index contributed by atoms with van der Waals surface area (Å²) >= 11 is 0. The number of halogens is 3. The van der Waals surface area contributed by atoms with Crippen LogP contribution in [0.2, 0.25) is 0 Å². The van der Waals surface area contributed by atoms with E-state index in [1.165, 1.54) is 12.1 Å². The Bertz CT molecular complexity index is 1280. The Morgan fingerprint density at radius 3 is 2.36 bits per heavy atom. The Balaban J connectivity index is 1.40. The van der Waals surface area contributed by atoms with Gasteiger partial charge in [0.2, 0.25) is 5.88 Å². The highest BCUT2D eigenvalue weighted by Crippen LogP contribution is 2.30.